The van der Waals surface area contributed by atoms with Gasteiger partial charge in [-0.1, -0.05) is 56.3 Å². The number of aryl methyl sites for hydroxylation is 1. The molecule has 0 aliphatic carbocycles. The van der Waals surface area contributed by atoms with Crippen molar-refractivity contribution in [2.45, 2.75) is 52.7 Å². The maximum absolute atomic E-state index is 13.5. The van der Waals surface area contributed by atoms with Gasteiger partial charge in [0.05, 0.1) is 6.61 Å². The first-order valence-corrected chi connectivity index (χ1v) is 13.6. The third-order valence-electron chi connectivity index (χ3n) is 6.69. The summed E-state index contributed by atoms with van der Waals surface area (Å²) in [5, 5.41) is 9.85. The molecule has 0 aliphatic heterocycles. The highest BCUT2D eigenvalue weighted by molar-refractivity contribution is 6.16. The van der Waals surface area contributed by atoms with Crippen molar-refractivity contribution >= 4 is 22.7 Å². The Morgan fingerprint density at radius 2 is 1.67 bits per heavy atom. The van der Waals surface area contributed by atoms with Gasteiger partial charge in [0.25, 0.3) is 0 Å². The van der Waals surface area contributed by atoms with Gasteiger partial charge in [0.2, 0.25) is 0 Å². The maximum Gasteiger partial charge on any atom is 0.303 e. The first-order chi connectivity index (χ1) is 18.9. The largest absolute Gasteiger partial charge is 0.483 e. The molecule has 1 N–H and O–H groups in total. The van der Waals surface area contributed by atoms with Gasteiger partial charge in [0, 0.05) is 47.8 Å². The molecule has 0 bridgehead atoms. The van der Waals surface area contributed by atoms with E-state index in [1.54, 1.807) is 12.1 Å². The van der Waals surface area contributed by atoms with Crippen molar-refractivity contribution < 1.29 is 24.2 Å². The lowest BCUT2D eigenvalue weighted by atomic mass is 10.0. The molecule has 6 heteroatoms. The fraction of sp³-hybridized carbons (Fsp3) is 0.333. The number of carbonyl (C=O) groups is 2. The maximum atomic E-state index is 13.5. The number of hydrogen-bond acceptors (Lipinski definition) is 4. The highest BCUT2D eigenvalue weighted by Crippen LogP contribution is 2.27. The fourth-order valence-corrected chi connectivity index (χ4v) is 4.78. The van der Waals surface area contributed by atoms with Crippen LogP contribution in [0, 0.1) is 5.92 Å². The molecule has 0 aliphatic rings. The summed E-state index contributed by atoms with van der Waals surface area (Å²) >= 11 is 0. The molecule has 0 saturated heterocycles. The van der Waals surface area contributed by atoms with E-state index < -0.39 is 5.97 Å². The number of hydrogen-bond donors (Lipinski definition) is 1. The van der Waals surface area contributed by atoms with Gasteiger partial charge >= 0.3 is 5.97 Å². The van der Waals surface area contributed by atoms with Gasteiger partial charge in [-0.25, -0.2) is 0 Å². The quantitative estimate of drug-likeness (QED) is 0.177. The van der Waals surface area contributed by atoms with Crippen LogP contribution in [0.1, 0.15) is 66.8 Å². The van der Waals surface area contributed by atoms with E-state index in [0.29, 0.717) is 49.0 Å². The van der Waals surface area contributed by atoms with Crippen molar-refractivity contribution in [1.82, 2.24) is 4.57 Å². The number of para-hydroxylation sites is 1. The number of carbonyl (C=O) groups excluding carboxylic acids is 1. The van der Waals surface area contributed by atoms with E-state index in [1.807, 2.05) is 54.1 Å². The third-order valence-corrected chi connectivity index (χ3v) is 6.69. The van der Waals surface area contributed by atoms with Crippen molar-refractivity contribution in [2.75, 3.05) is 13.2 Å². The second-order valence-corrected chi connectivity index (χ2v) is 10.2. The lowest BCUT2D eigenvalue weighted by Crippen LogP contribution is -2.15. The Kier molecular flexibility index (Phi) is 9.55. The molecule has 1 atom stereocenters. The Balaban J connectivity index is 1.51. The summed E-state index contributed by atoms with van der Waals surface area (Å²) in [6, 6.07) is 23.5. The van der Waals surface area contributed by atoms with E-state index in [9.17, 15) is 9.59 Å². The lowest BCUT2D eigenvalue weighted by Gasteiger charge is -2.20. The van der Waals surface area contributed by atoms with Crippen molar-refractivity contribution in [1.29, 1.82) is 0 Å². The number of carboxylic acid groups (broad SMARTS) is 1. The molecule has 0 radical (unpaired) electrons. The summed E-state index contributed by atoms with van der Waals surface area (Å²) in [6.07, 6.45) is 3.19. The van der Waals surface area contributed by atoms with Crippen LogP contribution in [-0.4, -0.2) is 34.6 Å². The van der Waals surface area contributed by atoms with Crippen LogP contribution in [0.15, 0.2) is 79.0 Å². The summed E-state index contributed by atoms with van der Waals surface area (Å²) in [5.74, 6) is 0.359. The minimum absolute atomic E-state index is 0.0821. The Morgan fingerprint density at radius 1 is 0.949 bits per heavy atom. The predicted molar refractivity (Wildman–Crippen MR) is 154 cm³/mol. The Bertz CT molecular complexity index is 1390. The molecule has 1 heterocycles. The van der Waals surface area contributed by atoms with E-state index in [-0.39, 0.29) is 18.3 Å². The van der Waals surface area contributed by atoms with Crippen molar-refractivity contribution in [2.24, 2.45) is 5.92 Å². The van der Waals surface area contributed by atoms with Gasteiger partial charge in [-0.3, -0.25) is 9.59 Å². The van der Waals surface area contributed by atoms with Crippen LogP contribution in [0.4, 0.5) is 0 Å². The normalized spacial score (nSPS) is 12.1. The molecule has 39 heavy (non-hydrogen) atoms. The van der Waals surface area contributed by atoms with Gasteiger partial charge in [-0.2, -0.15) is 0 Å². The highest BCUT2D eigenvalue weighted by Gasteiger charge is 2.18. The first kappa shape index (κ1) is 28.1. The van der Waals surface area contributed by atoms with Crippen molar-refractivity contribution in [3.8, 4) is 5.75 Å². The Morgan fingerprint density at radius 3 is 2.33 bits per heavy atom. The molecule has 6 nitrogen and oxygen atoms in total. The molecule has 1 aromatic heterocycles. The van der Waals surface area contributed by atoms with E-state index in [4.69, 9.17) is 14.6 Å². The monoisotopic (exact) mass is 527 g/mol. The summed E-state index contributed by atoms with van der Waals surface area (Å²) in [5.41, 5.74) is 4.44. The smallest absolute Gasteiger partial charge is 0.303 e. The highest BCUT2D eigenvalue weighted by atomic mass is 16.5. The number of nitrogens with zero attached hydrogens (tertiary/aromatic N) is 1. The van der Waals surface area contributed by atoms with Crippen molar-refractivity contribution in [3.05, 3.63) is 101 Å². The summed E-state index contributed by atoms with van der Waals surface area (Å²) in [7, 11) is 0. The number of aromatic nitrogens is 1. The topological polar surface area (TPSA) is 77.8 Å². The van der Waals surface area contributed by atoms with Gasteiger partial charge in [-0.05, 0) is 67.1 Å². The van der Waals surface area contributed by atoms with Gasteiger partial charge in [0.15, 0.2) is 5.78 Å². The number of carboxylic acids is 1. The van der Waals surface area contributed by atoms with Crippen LogP contribution in [0.2, 0.25) is 0 Å². The van der Waals surface area contributed by atoms with Crippen LogP contribution in [0.25, 0.3) is 10.9 Å². The average molecular weight is 528 g/mol. The molecule has 0 spiro atoms. The standard InChI is InChI=1S/C33H37NO5/c1-4-38-22-31(25-13-11-24(12-14-25)20-23(2)3)39-27-17-15-26(16-18-27)33(37)29-21-34(19-7-10-32(35)36)30-9-6-5-8-28(29)30/h5-6,8-9,11-18,21,23,31H,4,7,10,19-20,22H2,1-3H3,(H,35,36). The minimum Gasteiger partial charge on any atom is -0.483 e. The number of rotatable bonds is 14. The average Bonchev–Trinajstić information content (AvgIpc) is 3.29. The molecule has 0 amide bonds. The van der Waals surface area contributed by atoms with Crippen molar-refractivity contribution in [3.63, 3.8) is 0 Å². The molecular weight excluding hydrogens is 490 g/mol. The van der Waals surface area contributed by atoms with Crippen LogP contribution in [0.3, 0.4) is 0 Å². The van der Waals surface area contributed by atoms with Crippen LogP contribution in [0.5, 0.6) is 5.75 Å². The summed E-state index contributed by atoms with van der Waals surface area (Å²) in [4.78, 5) is 24.4. The molecule has 204 valence electrons. The number of ketones is 1. The molecule has 4 rings (SSSR count). The zero-order valence-electron chi connectivity index (χ0n) is 22.9. The Labute approximate surface area is 230 Å². The minimum atomic E-state index is -0.822. The first-order valence-electron chi connectivity index (χ1n) is 13.6. The van der Waals surface area contributed by atoms with Gasteiger partial charge in [0.1, 0.15) is 11.9 Å². The molecule has 3 aromatic carbocycles. The molecule has 1 unspecified atom stereocenters. The molecule has 0 fully saturated rings. The lowest BCUT2D eigenvalue weighted by molar-refractivity contribution is -0.137. The Hall–Kier alpha value is -3.90. The second kappa shape index (κ2) is 13.3. The number of ether oxygens (including phenoxy) is 2. The van der Waals surface area contributed by atoms with Crippen LogP contribution < -0.4 is 4.74 Å². The zero-order chi connectivity index (χ0) is 27.8. The molecule has 0 saturated carbocycles. The predicted octanol–water partition coefficient (Wildman–Crippen LogP) is 7.09. The van der Waals surface area contributed by atoms with E-state index in [1.165, 1.54) is 5.56 Å². The molecule has 4 aromatic rings. The third kappa shape index (κ3) is 7.36. The number of benzene rings is 3. The summed E-state index contributed by atoms with van der Waals surface area (Å²) < 4.78 is 14.0. The number of fused-ring (bicyclic) bond motifs is 1. The second-order valence-electron chi connectivity index (χ2n) is 10.2. The SMILES string of the molecule is CCOCC(Oc1ccc(C(=O)c2cn(CCCC(=O)O)c3ccccc23)cc1)c1ccc(CC(C)C)cc1. The van der Waals surface area contributed by atoms with E-state index in [0.717, 1.165) is 22.9 Å². The van der Waals surface area contributed by atoms with Crippen LogP contribution in [-0.2, 0) is 22.5 Å². The number of aliphatic carboxylic acids is 1. The van der Waals surface area contributed by atoms with E-state index >= 15 is 0 Å². The molecular formula is C33H37NO5. The van der Waals surface area contributed by atoms with E-state index in [2.05, 4.69) is 38.1 Å². The van der Waals surface area contributed by atoms with Gasteiger partial charge < -0.3 is 19.1 Å². The summed E-state index contributed by atoms with van der Waals surface area (Å²) in [6.45, 7) is 7.96. The fourth-order valence-electron chi connectivity index (χ4n) is 4.78. The zero-order valence-corrected chi connectivity index (χ0v) is 22.9. The van der Waals surface area contributed by atoms with Crippen LogP contribution >= 0.6 is 0 Å². The van der Waals surface area contributed by atoms with Gasteiger partial charge in [-0.15, -0.1) is 0 Å².